The molecule has 0 saturated heterocycles. The van der Waals surface area contributed by atoms with Crippen molar-refractivity contribution in [3.63, 3.8) is 0 Å². The van der Waals surface area contributed by atoms with Crippen molar-refractivity contribution in [1.82, 2.24) is 5.01 Å². The first-order valence-electron chi connectivity index (χ1n) is 8.20. The molecule has 6 heteroatoms. The number of anilines is 1. The molecule has 1 aromatic heterocycles. The van der Waals surface area contributed by atoms with E-state index < -0.39 is 0 Å². The number of rotatable bonds is 7. The molecule has 0 spiro atoms. The lowest BCUT2D eigenvalue weighted by Crippen LogP contribution is -2.36. The highest BCUT2D eigenvalue weighted by atomic mass is 32.1. The van der Waals surface area contributed by atoms with Gasteiger partial charge in [-0.25, -0.2) is 5.01 Å². The van der Waals surface area contributed by atoms with Crippen LogP contribution >= 0.6 is 11.3 Å². The predicted octanol–water partition coefficient (Wildman–Crippen LogP) is 3.57. The van der Waals surface area contributed by atoms with E-state index in [0.29, 0.717) is 6.61 Å². The molecule has 2 aromatic rings. The first-order chi connectivity index (χ1) is 12.3. The second kappa shape index (κ2) is 9.98. The Morgan fingerprint density at radius 1 is 1.36 bits per heavy atom. The van der Waals surface area contributed by atoms with Gasteiger partial charge in [0.1, 0.15) is 18.6 Å². The molecule has 1 aromatic carbocycles. The number of aldehydes is 1. The Labute approximate surface area is 152 Å². The molecule has 3 rings (SSSR count). The number of benzene rings is 1. The maximum Gasteiger partial charge on any atom is 0.138 e. The smallest absolute Gasteiger partial charge is 0.138 e. The summed E-state index contributed by atoms with van der Waals surface area (Å²) in [5.74, 6) is 0.877. The van der Waals surface area contributed by atoms with E-state index in [1.165, 1.54) is 9.75 Å². The van der Waals surface area contributed by atoms with Gasteiger partial charge in [-0.15, -0.1) is 11.3 Å². The van der Waals surface area contributed by atoms with Gasteiger partial charge in [0.15, 0.2) is 0 Å². The van der Waals surface area contributed by atoms with Gasteiger partial charge in [0, 0.05) is 16.9 Å². The van der Waals surface area contributed by atoms with E-state index in [9.17, 15) is 4.79 Å². The first-order valence-corrected chi connectivity index (χ1v) is 9.02. The lowest BCUT2D eigenvalue weighted by atomic mass is 10.2. The third-order valence-electron chi connectivity index (χ3n) is 3.75. The van der Waals surface area contributed by atoms with Gasteiger partial charge in [-0.05, 0) is 36.8 Å². The maximum atomic E-state index is 11.1. The number of aliphatic hydroxyl groups is 1. The number of nitrogens with one attached hydrogen (secondary N) is 1. The first kappa shape index (κ1) is 19.2. The highest BCUT2D eigenvalue weighted by Crippen LogP contribution is 2.35. The number of hydrogen-bond donors (Lipinski definition) is 2. The van der Waals surface area contributed by atoms with Crippen LogP contribution in [0.5, 0.6) is 5.75 Å². The second-order valence-corrected chi connectivity index (χ2v) is 6.53. The van der Waals surface area contributed by atoms with Crippen LogP contribution in [0.1, 0.15) is 23.1 Å². The van der Waals surface area contributed by atoms with Crippen molar-refractivity contribution in [2.75, 3.05) is 19.1 Å². The topological polar surface area (TPSA) is 61.8 Å². The Morgan fingerprint density at radius 2 is 2.12 bits per heavy atom. The van der Waals surface area contributed by atoms with Gasteiger partial charge in [0.25, 0.3) is 0 Å². The van der Waals surface area contributed by atoms with Gasteiger partial charge in [-0.3, -0.25) is 0 Å². The quantitative estimate of drug-likeness (QED) is 0.739. The molecular weight excluding hydrogens is 336 g/mol. The zero-order valence-corrected chi connectivity index (χ0v) is 15.3. The van der Waals surface area contributed by atoms with Gasteiger partial charge >= 0.3 is 0 Å². The average molecular weight is 360 g/mol. The molecule has 2 heterocycles. The van der Waals surface area contributed by atoms with Crippen LogP contribution in [-0.2, 0) is 11.3 Å². The van der Waals surface area contributed by atoms with Crippen molar-refractivity contribution in [3.05, 3.63) is 52.2 Å². The molecule has 25 heavy (non-hydrogen) atoms. The fraction of sp³-hybridized carbons (Fsp3) is 0.316. The minimum absolute atomic E-state index is 0.0622. The summed E-state index contributed by atoms with van der Waals surface area (Å²) in [6.07, 6.45) is 5.92. The molecule has 5 nitrogen and oxygen atoms in total. The number of nitrogens with zero attached hydrogens (tertiary/aromatic N) is 1. The highest BCUT2D eigenvalue weighted by Gasteiger charge is 2.25. The van der Waals surface area contributed by atoms with Gasteiger partial charge in [-0.1, -0.05) is 25.1 Å². The summed E-state index contributed by atoms with van der Waals surface area (Å²) in [6.45, 7) is 3.36. The Morgan fingerprint density at radius 3 is 2.76 bits per heavy atom. The van der Waals surface area contributed by atoms with E-state index in [1.54, 1.807) is 11.3 Å². The van der Waals surface area contributed by atoms with Crippen molar-refractivity contribution in [1.29, 1.82) is 0 Å². The van der Waals surface area contributed by atoms with Crippen LogP contribution in [0, 0.1) is 0 Å². The van der Waals surface area contributed by atoms with E-state index in [-0.39, 0.29) is 6.04 Å². The summed E-state index contributed by atoms with van der Waals surface area (Å²) in [5, 5.41) is 9.00. The van der Waals surface area contributed by atoms with E-state index in [1.807, 2.05) is 48.3 Å². The van der Waals surface area contributed by atoms with E-state index in [2.05, 4.69) is 17.6 Å². The Hall–Kier alpha value is -2.15. The van der Waals surface area contributed by atoms with E-state index >= 15 is 0 Å². The van der Waals surface area contributed by atoms with Crippen molar-refractivity contribution < 1.29 is 14.6 Å². The van der Waals surface area contributed by atoms with Crippen LogP contribution in [0.15, 0.2) is 42.5 Å². The predicted molar refractivity (Wildman–Crippen MR) is 103 cm³/mol. The highest BCUT2D eigenvalue weighted by molar-refractivity contribution is 7.13. The number of thiophene rings is 1. The van der Waals surface area contributed by atoms with Crippen LogP contribution < -0.4 is 10.2 Å². The average Bonchev–Trinajstić information content (AvgIpc) is 3.21. The van der Waals surface area contributed by atoms with Crippen LogP contribution in [-0.4, -0.2) is 36.2 Å². The van der Waals surface area contributed by atoms with Crippen LogP contribution in [0.3, 0.4) is 0 Å². The molecule has 0 amide bonds. The summed E-state index contributed by atoms with van der Waals surface area (Å²) >= 11 is 1.75. The SMILES string of the molecule is CCC(C=O)N1Cc2sc(/C=C/COc3ccccc3)cc2N1.CO. The largest absolute Gasteiger partial charge is 0.490 e. The number of carbonyl (C=O) groups excluding carboxylic acids is 1. The molecule has 2 N–H and O–H groups in total. The number of para-hydroxylation sites is 1. The van der Waals surface area contributed by atoms with Gasteiger partial charge in [0.2, 0.25) is 0 Å². The van der Waals surface area contributed by atoms with Crippen molar-refractivity contribution in [2.24, 2.45) is 0 Å². The minimum Gasteiger partial charge on any atom is -0.490 e. The van der Waals surface area contributed by atoms with E-state index in [4.69, 9.17) is 9.84 Å². The maximum absolute atomic E-state index is 11.1. The van der Waals surface area contributed by atoms with Gasteiger partial charge in [0.05, 0.1) is 18.3 Å². The van der Waals surface area contributed by atoms with Crippen molar-refractivity contribution >= 4 is 29.4 Å². The monoisotopic (exact) mass is 360 g/mol. The summed E-state index contributed by atoms with van der Waals surface area (Å²) in [7, 11) is 1.00. The molecule has 0 bridgehead atoms. The fourth-order valence-corrected chi connectivity index (χ4v) is 3.55. The molecule has 134 valence electrons. The number of hydrogen-bond acceptors (Lipinski definition) is 6. The minimum atomic E-state index is -0.0622. The van der Waals surface area contributed by atoms with Gasteiger partial charge < -0.3 is 20.1 Å². The number of aliphatic hydroxyl groups excluding tert-OH is 1. The summed E-state index contributed by atoms with van der Waals surface area (Å²) in [6, 6.07) is 11.8. The lowest BCUT2D eigenvalue weighted by Gasteiger charge is -2.21. The lowest BCUT2D eigenvalue weighted by molar-refractivity contribution is -0.112. The number of fused-ring (bicyclic) bond motifs is 1. The summed E-state index contributed by atoms with van der Waals surface area (Å²) in [5.41, 5.74) is 4.43. The Kier molecular flexibility index (Phi) is 7.66. The van der Waals surface area contributed by atoms with Crippen LogP contribution in [0.2, 0.25) is 0 Å². The zero-order chi connectivity index (χ0) is 18.1. The summed E-state index contributed by atoms with van der Waals surface area (Å²) < 4.78 is 5.64. The zero-order valence-electron chi connectivity index (χ0n) is 14.5. The molecule has 0 aliphatic carbocycles. The standard InChI is InChI=1S/C18H20N2O2S.CH4O/c1-2-14(13-21)20-12-18-17(19-20)11-16(23-18)9-6-10-22-15-7-4-3-5-8-15;1-2/h3-9,11,13-14,19H,2,10,12H2,1H3;2H,1H3/b9-6+;. The van der Waals surface area contributed by atoms with Crippen LogP contribution in [0.25, 0.3) is 6.08 Å². The fourth-order valence-electron chi connectivity index (χ4n) is 2.51. The third kappa shape index (κ3) is 5.16. The van der Waals surface area contributed by atoms with E-state index in [0.717, 1.165) is 37.8 Å². The normalized spacial score (nSPS) is 14.4. The van der Waals surface area contributed by atoms with Crippen LogP contribution in [0.4, 0.5) is 5.69 Å². The van der Waals surface area contributed by atoms with Crippen molar-refractivity contribution in [3.8, 4) is 5.75 Å². The second-order valence-electron chi connectivity index (χ2n) is 5.36. The molecule has 1 aliphatic heterocycles. The molecule has 1 unspecified atom stereocenters. The number of hydrazine groups is 1. The molecule has 1 aliphatic rings. The van der Waals surface area contributed by atoms with Crippen molar-refractivity contribution in [2.45, 2.75) is 25.9 Å². The molecule has 0 radical (unpaired) electrons. The summed E-state index contributed by atoms with van der Waals surface area (Å²) in [4.78, 5) is 13.5. The number of carbonyl (C=O) groups is 1. The molecular formula is C19H24N2O3S. The Balaban J connectivity index is 0.00000109. The molecule has 1 atom stereocenters. The molecule has 0 fully saturated rings. The third-order valence-corrected chi connectivity index (χ3v) is 4.84. The Bertz CT molecular complexity index is 662. The van der Waals surface area contributed by atoms with Gasteiger partial charge in [-0.2, -0.15) is 0 Å². The number of ether oxygens (including phenoxy) is 1. The molecule has 0 saturated carbocycles.